The Morgan fingerprint density at radius 3 is 2.23 bits per heavy atom. The first-order chi connectivity index (χ1) is 18.5. The van der Waals surface area contributed by atoms with E-state index in [0.29, 0.717) is 23.3 Å². The molecule has 0 aromatic rings. The summed E-state index contributed by atoms with van der Waals surface area (Å²) in [5.74, 6) is -0.286. The van der Waals surface area contributed by atoms with Crippen molar-refractivity contribution in [2.75, 3.05) is 0 Å². The van der Waals surface area contributed by atoms with Gasteiger partial charge >= 0.3 is 17.9 Å². The summed E-state index contributed by atoms with van der Waals surface area (Å²) >= 11 is 0. The van der Waals surface area contributed by atoms with Crippen molar-refractivity contribution in [2.24, 2.45) is 39.4 Å². The van der Waals surface area contributed by atoms with Gasteiger partial charge in [-0.05, 0) is 91.6 Å². The van der Waals surface area contributed by atoms with E-state index < -0.39 is 5.97 Å². The van der Waals surface area contributed by atoms with Crippen molar-refractivity contribution in [1.82, 2.24) is 0 Å². The first kappa shape index (κ1) is 30.6. The molecule has 4 aliphatic rings. The second-order valence-electron chi connectivity index (χ2n) is 14.4. The van der Waals surface area contributed by atoms with Crippen LogP contribution >= 0.6 is 0 Å². The zero-order valence-corrected chi connectivity index (χ0v) is 26.1. The van der Waals surface area contributed by atoms with Gasteiger partial charge in [-0.1, -0.05) is 59.8 Å². The predicted octanol–water partition coefficient (Wildman–Crippen LogP) is 7.43. The number of fused-ring (bicyclic) bond motifs is 5. The SMILES string of the molecule is CC(=O)O[C@H]1CC[C@]2(C)C3=CC[C@]4(C)[C@@H]([C@H](C)CCC=C(C)C(=O)O)C[C@H](OC(C)=O)[C@@]4(C)C3=CC[C@H]2C1(C)C. The van der Waals surface area contributed by atoms with Gasteiger partial charge < -0.3 is 14.6 Å². The molecule has 222 valence electrons. The lowest BCUT2D eigenvalue weighted by atomic mass is 9.44. The number of aliphatic carboxylic acids is 1. The van der Waals surface area contributed by atoms with Gasteiger partial charge in [-0.25, -0.2) is 4.79 Å². The Bertz CT molecular complexity index is 1160. The zero-order chi connectivity index (χ0) is 29.8. The van der Waals surface area contributed by atoms with Crippen molar-refractivity contribution < 1.29 is 29.0 Å². The van der Waals surface area contributed by atoms with Gasteiger partial charge in [0, 0.05) is 30.3 Å². The molecule has 0 saturated heterocycles. The summed E-state index contributed by atoms with van der Waals surface area (Å²) in [5.41, 5.74) is 2.53. The van der Waals surface area contributed by atoms with Crippen molar-refractivity contribution in [3.63, 3.8) is 0 Å². The fourth-order valence-electron chi connectivity index (χ4n) is 9.52. The standard InChI is InChI=1S/C34H50O6/c1-20(11-10-12-21(2)30(37)38)26-19-29(40-23(4)36)34(9)25-13-14-27-31(5,6)28(39-22(3)35)16-17-32(27,7)24(25)15-18-33(26,34)8/h12-13,15,20,26-29H,10-11,14,16-19H2,1-9H3,(H,37,38)/t20-,26-,27+,28+,29+,32-,33-,34-/m1/s1. The van der Waals surface area contributed by atoms with Crippen LogP contribution in [0.2, 0.25) is 0 Å². The molecule has 0 heterocycles. The number of esters is 2. The highest BCUT2D eigenvalue weighted by molar-refractivity contribution is 5.85. The highest BCUT2D eigenvalue weighted by atomic mass is 16.5. The lowest BCUT2D eigenvalue weighted by Gasteiger charge is -2.61. The van der Waals surface area contributed by atoms with E-state index in [1.54, 1.807) is 6.92 Å². The number of ether oxygens (including phenoxy) is 2. The minimum atomic E-state index is -0.867. The molecule has 0 bridgehead atoms. The van der Waals surface area contributed by atoms with Gasteiger partial charge in [0.25, 0.3) is 0 Å². The molecule has 4 rings (SSSR count). The Hall–Kier alpha value is -2.37. The van der Waals surface area contributed by atoms with Gasteiger partial charge in [-0.2, -0.15) is 0 Å². The highest BCUT2D eigenvalue weighted by Crippen LogP contribution is 2.72. The zero-order valence-electron chi connectivity index (χ0n) is 26.1. The van der Waals surface area contributed by atoms with Crippen molar-refractivity contribution >= 4 is 17.9 Å². The molecule has 0 radical (unpaired) electrons. The summed E-state index contributed by atoms with van der Waals surface area (Å²) in [7, 11) is 0. The van der Waals surface area contributed by atoms with Crippen molar-refractivity contribution in [3.8, 4) is 0 Å². The molecule has 0 aromatic carbocycles. The van der Waals surface area contributed by atoms with E-state index >= 15 is 0 Å². The lowest BCUT2D eigenvalue weighted by Crippen LogP contribution is -2.56. The maximum Gasteiger partial charge on any atom is 0.330 e. The molecule has 0 amide bonds. The third-order valence-corrected chi connectivity index (χ3v) is 12.0. The Morgan fingerprint density at radius 2 is 1.62 bits per heavy atom. The first-order valence-electron chi connectivity index (χ1n) is 15.2. The molecule has 6 nitrogen and oxygen atoms in total. The Balaban J connectivity index is 1.71. The van der Waals surface area contributed by atoms with Gasteiger partial charge in [0.05, 0.1) is 0 Å². The number of hydrogen-bond acceptors (Lipinski definition) is 5. The normalized spacial score (nSPS) is 39.1. The summed E-state index contributed by atoms with van der Waals surface area (Å²) in [6, 6.07) is 0. The summed E-state index contributed by atoms with van der Waals surface area (Å²) in [6.07, 6.45) is 12.5. The van der Waals surface area contributed by atoms with E-state index in [2.05, 4.69) is 53.7 Å². The van der Waals surface area contributed by atoms with Gasteiger partial charge in [0.1, 0.15) is 12.2 Å². The van der Waals surface area contributed by atoms with Crippen LogP contribution < -0.4 is 0 Å². The third-order valence-electron chi connectivity index (χ3n) is 12.0. The highest BCUT2D eigenvalue weighted by Gasteiger charge is 2.67. The average Bonchev–Trinajstić information content (AvgIpc) is 3.07. The minimum Gasteiger partial charge on any atom is -0.478 e. The lowest BCUT2D eigenvalue weighted by molar-refractivity contribution is -0.166. The molecule has 0 unspecified atom stereocenters. The number of hydrogen-bond donors (Lipinski definition) is 1. The number of carboxylic acid groups (broad SMARTS) is 1. The molecule has 40 heavy (non-hydrogen) atoms. The molecule has 6 heteroatoms. The van der Waals surface area contributed by atoms with Gasteiger partial charge in [-0.15, -0.1) is 0 Å². The monoisotopic (exact) mass is 554 g/mol. The Labute approximate surface area is 240 Å². The summed E-state index contributed by atoms with van der Waals surface area (Å²) < 4.78 is 12.0. The largest absolute Gasteiger partial charge is 0.478 e. The number of carbonyl (C=O) groups excluding carboxylic acids is 2. The van der Waals surface area contributed by atoms with E-state index in [9.17, 15) is 19.5 Å². The maximum absolute atomic E-state index is 12.4. The number of rotatable bonds is 7. The van der Waals surface area contributed by atoms with E-state index in [1.165, 1.54) is 25.0 Å². The molecule has 0 aromatic heterocycles. The molecule has 1 N–H and O–H groups in total. The summed E-state index contributed by atoms with van der Waals surface area (Å²) in [4.78, 5) is 35.6. The Kier molecular flexibility index (Phi) is 8.01. The fourth-order valence-corrected chi connectivity index (χ4v) is 9.52. The number of carbonyl (C=O) groups is 3. The topological polar surface area (TPSA) is 89.9 Å². The van der Waals surface area contributed by atoms with Gasteiger partial charge in [-0.3, -0.25) is 9.59 Å². The van der Waals surface area contributed by atoms with E-state index in [4.69, 9.17) is 9.47 Å². The number of carboxylic acids is 1. The molecular formula is C34H50O6. The molecule has 0 aliphatic heterocycles. The minimum absolute atomic E-state index is 0.0435. The van der Waals surface area contributed by atoms with Crippen molar-refractivity contribution in [3.05, 3.63) is 34.9 Å². The van der Waals surface area contributed by atoms with Gasteiger partial charge in [0.15, 0.2) is 0 Å². The summed E-state index contributed by atoms with van der Waals surface area (Å²) in [6.45, 7) is 18.6. The van der Waals surface area contributed by atoms with Crippen LogP contribution in [0.25, 0.3) is 0 Å². The van der Waals surface area contributed by atoms with Crippen LogP contribution in [0.15, 0.2) is 34.9 Å². The van der Waals surface area contributed by atoms with Gasteiger partial charge in [0.2, 0.25) is 0 Å². The second-order valence-corrected chi connectivity index (χ2v) is 14.4. The second kappa shape index (κ2) is 10.5. The number of allylic oxidation sites excluding steroid dienone is 4. The van der Waals surface area contributed by atoms with Crippen LogP contribution in [0.5, 0.6) is 0 Å². The molecule has 2 fully saturated rings. The molecular weight excluding hydrogens is 504 g/mol. The predicted molar refractivity (Wildman–Crippen MR) is 155 cm³/mol. The first-order valence-corrected chi connectivity index (χ1v) is 15.2. The van der Waals surface area contributed by atoms with E-state index in [1.807, 2.05) is 6.08 Å². The molecule has 4 aliphatic carbocycles. The van der Waals surface area contributed by atoms with Crippen molar-refractivity contribution in [1.29, 1.82) is 0 Å². The maximum atomic E-state index is 12.4. The fraction of sp³-hybridized carbons (Fsp3) is 0.735. The van der Waals surface area contributed by atoms with Crippen LogP contribution in [0, 0.1) is 39.4 Å². The van der Waals surface area contributed by atoms with Crippen LogP contribution in [-0.4, -0.2) is 35.2 Å². The Morgan fingerprint density at radius 1 is 1.00 bits per heavy atom. The van der Waals surface area contributed by atoms with E-state index in [0.717, 1.165) is 44.9 Å². The van der Waals surface area contributed by atoms with Crippen LogP contribution in [-0.2, 0) is 23.9 Å². The quantitative estimate of drug-likeness (QED) is 0.260. The molecule has 8 atom stereocenters. The molecule has 2 saturated carbocycles. The smallest absolute Gasteiger partial charge is 0.330 e. The van der Waals surface area contributed by atoms with Crippen LogP contribution in [0.3, 0.4) is 0 Å². The van der Waals surface area contributed by atoms with Crippen molar-refractivity contribution in [2.45, 2.75) is 119 Å². The average molecular weight is 555 g/mol. The van der Waals surface area contributed by atoms with E-state index in [-0.39, 0.29) is 45.8 Å². The summed E-state index contributed by atoms with van der Waals surface area (Å²) in [5, 5.41) is 9.25. The third kappa shape index (κ3) is 4.67. The van der Waals surface area contributed by atoms with Crippen LogP contribution in [0.1, 0.15) is 107 Å². The molecule has 0 spiro atoms. The van der Waals surface area contributed by atoms with Crippen LogP contribution in [0.4, 0.5) is 0 Å².